The minimum atomic E-state index is -4.61. The van der Waals surface area contributed by atoms with E-state index in [-0.39, 0.29) is 11.3 Å². The van der Waals surface area contributed by atoms with Gasteiger partial charge in [-0.1, -0.05) is 6.07 Å². The first-order valence-electron chi connectivity index (χ1n) is 4.91. The lowest BCUT2D eigenvalue weighted by Crippen LogP contribution is -2.22. The summed E-state index contributed by atoms with van der Waals surface area (Å²) in [5, 5.41) is 8.36. The molecule has 0 amide bonds. The average Bonchev–Trinajstić information content (AvgIpc) is 2.16. The Bertz CT molecular complexity index is 595. The maximum atomic E-state index is 12.6. The van der Waals surface area contributed by atoms with Crippen molar-refractivity contribution in [2.24, 2.45) is 0 Å². The Morgan fingerprint density at radius 3 is 2.42 bits per heavy atom. The van der Waals surface area contributed by atoms with Crippen molar-refractivity contribution in [1.29, 1.82) is 0 Å². The van der Waals surface area contributed by atoms with E-state index in [2.05, 4.69) is 0 Å². The molecule has 0 bridgehead atoms. The van der Waals surface area contributed by atoms with E-state index >= 15 is 0 Å². The third-order valence-corrected chi connectivity index (χ3v) is 3.30. The normalized spacial score (nSPS) is 12.2. The molecule has 1 rings (SSSR count). The zero-order chi connectivity index (χ0) is 14.8. The van der Waals surface area contributed by atoms with Crippen LogP contribution >= 0.6 is 0 Å². The predicted molar refractivity (Wildman–Crippen MR) is 61.2 cm³/mol. The molecule has 0 radical (unpaired) electrons. The van der Waals surface area contributed by atoms with Gasteiger partial charge in [-0.25, -0.2) is 8.42 Å². The van der Waals surface area contributed by atoms with E-state index in [4.69, 9.17) is 5.11 Å². The lowest BCUT2D eigenvalue weighted by molar-refractivity contribution is -0.138. The summed E-state index contributed by atoms with van der Waals surface area (Å²) in [4.78, 5) is 10.3. The Kier molecular flexibility index (Phi) is 4.09. The minimum Gasteiger partial charge on any atom is -0.480 e. The van der Waals surface area contributed by atoms with E-state index in [1.54, 1.807) is 4.72 Å². The van der Waals surface area contributed by atoms with Crippen molar-refractivity contribution in [3.8, 4) is 0 Å². The van der Waals surface area contributed by atoms with Gasteiger partial charge < -0.3 is 5.11 Å². The lowest BCUT2D eigenvalue weighted by atomic mass is 10.1. The fourth-order valence-corrected chi connectivity index (χ4v) is 2.25. The van der Waals surface area contributed by atoms with Crippen LogP contribution in [0.5, 0.6) is 0 Å². The number of nitrogens with one attached hydrogen (secondary N) is 1. The molecule has 9 heteroatoms. The number of alkyl halides is 3. The summed E-state index contributed by atoms with van der Waals surface area (Å²) in [5.41, 5.74) is -1.38. The first-order valence-corrected chi connectivity index (χ1v) is 6.56. The molecule has 0 saturated heterocycles. The van der Waals surface area contributed by atoms with Crippen LogP contribution in [0.3, 0.4) is 0 Å². The SMILES string of the molecule is Cc1ccc(NS(=O)(=O)CC(=O)O)cc1C(F)(F)F. The van der Waals surface area contributed by atoms with Gasteiger partial charge in [0.25, 0.3) is 0 Å². The summed E-state index contributed by atoms with van der Waals surface area (Å²) in [6.45, 7) is 1.23. The number of anilines is 1. The number of carboxylic acid groups (broad SMARTS) is 1. The minimum absolute atomic E-state index is 0.0614. The van der Waals surface area contributed by atoms with Crippen LogP contribution in [0.1, 0.15) is 11.1 Å². The summed E-state index contributed by atoms with van der Waals surface area (Å²) in [7, 11) is -4.23. The van der Waals surface area contributed by atoms with Gasteiger partial charge in [0.05, 0.1) is 5.56 Å². The van der Waals surface area contributed by atoms with E-state index in [0.29, 0.717) is 6.07 Å². The molecule has 0 fully saturated rings. The second kappa shape index (κ2) is 5.08. The number of hydrogen-bond donors (Lipinski definition) is 2. The van der Waals surface area contributed by atoms with Crippen LogP contribution in [0.25, 0.3) is 0 Å². The highest BCUT2D eigenvalue weighted by Gasteiger charge is 2.32. The van der Waals surface area contributed by atoms with Crippen LogP contribution < -0.4 is 4.72 Å². The summed E-state index contributed by atoms with van der Waals surface area (Å²) in [6.07, 6.45) is -4.61. The quantitative estimate of drug-likeness (QED) is 0.888. The third kappa shape index (κ3) is 4.43. The Labute approximate surface area is 107 Å². The van der Waals surface area contributed by atoms with Gasteiger partial charge in [0.1, 0.15) is 0 Å². The van der Waals surface area contributed by atoms with Crippen molar-refractivity contribution in [2.75, 3.05) is 10.5 Å². The van der Waals surface area contributed by atoms with Gasteiger partial charge in [0, 0.05) is 5.69 Å². The number of hydrogen-bond acceptors (Lipinski definition) is 3. The Morgan fingerprint density at radius 2 is 1.95 bits per heavy atom. The van der Waals surface area contributed by atoms with Crippen LogP contribution in [0.2, 0.25) is 0 Å². The largest absolute Gasteiger partial charge is 0.480 e. The van der Waals surface area contributed by atoms with Crippen molar-refractivity contribution < 1.29 is 31.5 Å². The first-order chi connectivity index (χ1) is 8.51. The van der Waals surface area contributed by atoms with Crippen LogP contribution in [0.15, 0.2) is 18.2 Å². The predicted octanol–water partition coefficient (Wildman–Crippen LogP) is 1.84. The van der Waals surface area contributed by atoms with Gasteiger partial charge >= 0.3 is 12.1 Å². The molecular weight excluding hydrogens is 287 g/mol. The maximum Gasteiger partial charge on any atom is 0.416 e. The monoisotopic (exact) mass is 297 g/mol. The summed E-state index contributed by atoms with van der Waals surface area (Å²) < 4.78 is 62.1. The average molecular weight is 297 g/mol. The lowest BCUT2D eigenvalue weighted by Gasteiger charge is -2.13. The second-order valence-electron chi connectivity index (χ2n) is 3.78. The zero-order valence-electron chi connectivity index (χ0n) is 9.65. The molecule has 0 aliphatic carbocycles. The van der Waals surface area contributed by atoms with E-state index < -0.39 is 33.5 Å². The van der Waals surface area contributed by atoms with Crippen LogP contribution in [-0.2, 0) is 21.0 Å². The highest BCUT2D eigenvalue weighted by Crippen LogP contribution is 2.33. The second-order valence-corrected chi connectivity index (χ2v) is 5.50. The zero-order valence-corrected chi connectivity index (χ0v) is 10.5. The molecule has 0 aliphatic rings. The Hall–Kier alpha value is -1.77. The number of carbonyl (C=O) groups is 1. The van der Waals surface area contributed by atoms with Crippen LogP contribution in [0, 0.1) is 6.92 Å². The fourth-order valence-electron chi connectivity index (χ4n) is 1.37. The Balaban J connectivity index is 3.08. The molecule has 5 nitrogen and oxygen atoms in total. The summed E-state index contributed by atoms with van der Waals surface area (Å²) in [5.74, 6) is -2.82. The van der Waals surface area contributed by atoms with Crippen molar-refractivity contribution in [3.05, 3.63) is 29.3 Å². The van der Waals surface area contributed by atoms with Gasteiger partial charge in [0.2, 0.25) is 10.0 Å². The number of carboxylic acids is 1. The fraction of sp³-hybridized carbons (Fsp3) is 0.300. The molecule has 0 aromatic heterocycles. The standard InChI is InChI=1S/C10H10F3NO4S/c1-6-2-3-7(4-8(6)10(11,12)13)14-19(17,18)5-9(15)16/h2-4,14H,5H2,1H3,(H,15,16). The molecule has 0 unspecified atom stereocenters. The molecule has 0 atom stereocenters. The molecular formula is C10H10F3NO4S. The van der Waals surface area contributed by atoms with Crippen molar-refractivity contribution >= 4 is 21.7 Å². The molecule has 1 aromatic rings. The molecule has 0 saturated carbocycles. The smallest absolute Gasteiger partial charge is 0.416 e. The van der Waals surface area contributed by atoms with Crippen molar-refractivity contribution in [3.63, 3.8) is 0 Å². The molecule has 0 aliphatic heterocycles. The van der Waals surface area contributed by atoms with Gasteiger partial charge in [0.15, 0.2) is 5.75 Å². The molecule has 106 valence electrons. The van der Waals surface area contributed by atoms with Gasteiger partial charge in [-0.15, -0.1) is 0 Å². The van der Waals surface area contributed by atoms with Crippen LogP contribution in [0.4, 0.5) is 18.9 Å². The Morgan fingerprint density at radius 1 is 1.37 bits per heavy atom. The van der Waals surface area contributed by atoms with Crippen molar-refractivity contribution in [2.45, 2.75) is 13.1 Å². The van der Waals surface area contributed by atoms with E-state index in [0.717, 1.165) is 12.1 Å². The number of aliphatic carboxylic acids is 1. The topological polar surface area (TPSA) is 83.5 Å². The van der Waals surface area contributed by atoms with E-state index in [1.165, 1.54) is 6.92 Å². The number of benzene rings is 1. The molecule has 2 N–H and O–H groups in total. The van der Waals surface area contributed by atoms with Gasteiger partial charge in [-0.05, 0) is 24.6 Å². The first kappa shape index (κ1) is 15.3. The maximum absolute atomic E-state index is 12.6. The molecule has 1 aromatic carbocycles. The number of aryl methyl sites for hydroxylation is 1. The van der Waals surface area contributed by atoms with Gasteiger partial charge in [-0.3, -0.25) is 9.52 Å². The number of sulfonamides is 1. The van der Waals surface area contributed by atoms with Crippen molar-refractivity contribution in [1.82, 2.24) is 0 Å². The number of halogens is 3. The highest BCUT2D eigenvalue weighted by atomic mass is 32.2. The molecule has 0 heterocycles. The van der Waals surface area contributed by atoms with Crippen LogP contribution in [-0.4, -0.2) is 25.2 Å². The van der Waals surface area contributed by atoms with E-state index in [1.807, 2.05) is 0 Å². The molecule has 19 heavy (non-hydrogen) atoms. The highest BCUT2D eigenvalue weighted by molar-refractivity contribution is 7.93. The third-order valence-electron chi connectivity index (χ3n) is 2.13. The summed E-state index contributed by atoms with van der Waals surface area (Å²) in [6, 6.07) is 2.85. The van der Waals surface area contributed by atoms with Gasteiger partial charge in [-0.2, -0.15) is 13.2 Å². The van der Waals surface area contributed by atoms with E-state index in [9.17, 15) is 26.4 Å². The molecule has 0 spiro atoms. The summed E-state index contributed by atoms with van der Waals surface area (Å²) >= 11 is 0. The number of rotatable bonds is 4.